The lowest BCUT2D eigenvalue weighted by Gasteiger charge is -1.90. The van der Waals surface area contributed by atoms with Crippen molar-refractivity contribution >= 4 is 6.08 Å². The van der Waals surface area contributed by atoms with Crippen LogP contribution in [0, 0.1) is 26.2 Å². The summed E-state index contributed by atoms with van der Waals surface area (Å²) < 4.78 is 0. The zero-order valence-corrected chi connectivity index (χ0v) is 8.44. The zero-order chi connectivity index (χ0) is 9.84. The molecule has 1 heteroatoms. The highest BCUT2D eigenvalue weighted by Gasteiger charge is 2.05. The highest BCUT2D eigenvalue weighted by atomic mass is 14.7. The van der Waals surface area contributed by atoms with E-state index in [1.807, 2.05) is 13.8 Å². The Kier molecular flexibility index (Phi) is 2.97. The predicted molar refractivity (Wildman–Crippen MR) is 57.5 cm³/mol. The van der Waals surface area contributed by atoms with Crippen molar-refractivity contribution in [2.45, 2.75) is 27.2 Å². The number of aromatic amines is 1. The van der Waals surface area contributed by atoms with Crippen LogP contribution in [0.1, 0.15) is 35.9 Å². The van der Waals surface area contributed by atoms with Gasteiger partial charge in [-0.3, -0.25) is 0 Å². The van der Waals surface area contributed by atoms with E-state index in [4.69, 9.17) is 6.42 Å². The number of hydrogen-bond donors (Lipinski definition) is 1. The highest BCUT2D eigenvalue weighted by molar-refractivity contribution is 5.57. The molecule has 1 heterocycles. The van der Waals surface area contributed by atoms with Crippen molar-refractivity contribution in [3.05, 3.63) is 28.6 Å². The Labute approximate surface area is 79.9 Å². The molecule has 0 spiro atoms. The van der Waals surface area contributed by atoms with Gasteiger partial charge in [-0.15, -0.1) is 6.42 Å². The number of H-pyrrole nitrogens is 1. The van der Waals surface area contributed by atoms with Crippen molar-refractivity contribution in [3.8, 4) is 12.3 Å². The van der Waals surface area contributed by atoms with Crippen LogP contribution >= 0.6 is 0 Å². The topological polar surface area (TPSA) is 15.8 Å². The van der Waals surface area contributed by atoms with Gasteiger partial charge in [-0.1, -0.05) is 18.9 Å². The lowest BCUT2D eigenvalue weighted by molar-refractivity contribution is 1.21. The highest BCUT2D eigenvalue weighted by Crippen LogP contribution is 2.17. The van der Waals surface area contributed by atoms with Gasteiger partial charge in [0.15, 0.2) is 0 Å². The fraction of sp³-hybridized carbons (Fsp3) is 0.333. The predicted octanol–water partition coefficient (Wildman–Crippen LogP) is 3.04. The maximum absolute atomic E-state index is 5.40. The Morgan fingerprint density at radius 1 is 1.46 bits per heavy atom. The van der Waals surface area contributed by atoms with Gasteiger partial charge in [0.25, 0.3) is 0 Å². The molecule has 1 aromatic rings. The van der Waals surface area contributed by atoms with Gasteiger partial charge in [-0.2, -0.15) is 0 Å². The number of rotatable bonds is 2. The van der Waals surface area contributed by atoms with Crippen LogP contribution in [0.5, 0.6) is 0 Å². The quantitative estimate of drug-likeness (QED) is 0.662. The summed E-state index contributed by atoms with van der Waals surface area (Å²) in [6.45, 7) is 6.17. The van der Waals surface area contributed by atoms with Gasteiger partial charge in [0.2, 0.25) is 0 Å². The number of aryl methyl sites for hydroxylation is 1. The van der Waals surface area contributed by atoms with Gasteiger partial charge in [0.1, 0.15) is 0 Å². The molecule has 0 aliphatic rings. The lowest BCUT2D eigenvalue weighted by atomic mass is 10.1. The molecule has 13 heavy (non-hydrogen) atoms. The third kappa shape index (κ3) is 1.84. The normalized spacial score (nSPS) is 10.6. The molecule has 0 aliphatic carbocycles. The summed E-state index contributed by atoms with van der Waals surface area (Å²) in [6, 6.07) is 0. The molecule has 1 nitrogen and oxygen atoms in total. The largest absolute Gasteiger partial charge is 0.358 e. The number of aromatic nitrogens is 1. The molecule has 0 amide bonds. The van der Waals surface area contributed by atoms with Crippen molar-refractivity contribution in [2.24, 2.45) is 0 Å². The molecule has 0 radical (unpaired) electrons. The van der Waals surface area contributed by atoms with Crippen LogP contribution in [-0.4, -0.2) is 4.98 Å². The number of terminal acetylenes is 1. The number of allylic oxidation sites excluding steroid dienone is 1. The average molecular weight is 173 g/mol. The van der Waals surface area contributed by atoms with E-state index in [2.05, 4.69) is 30.0 Å². The van der Waals surface area contributed by atoms with Gasteiger partial charge < -0.3 is 4.98 Å². The van der Waals surface area contributed by atoms with Crippen molar-refractivity contribution in [1.29, 1.82) is 0 Å². The van der Waals surface area contributed by atoms with E-state index in [9.17, 15) is 0 Å². The van der Waals surface area contributed by atoms with E-state index in [-0.39, 0.29) is 0 Å². The summed E-state index contributed by atoms with van der Waals surface area (Å²) in [4.78, 5) is 3.27. The van der Waals surface area contributed by atoms with Gasteiger partial charge in [-0.25, -0.2) is 0 Å². The smallest absolute Gasteiger partial charge is 0.0482 e. The van der Waals surface area contributed by atoms with Crippen molar-refractivity contribution in [3.63, 3.8) is 0 Å². The SMILES string of the molecule is C#Cc1c(C)[nH]c(/C=C\CC)c1C. The Balaban J connectivity index is 3.12. The van der Waals surface area contributed by atoms with Gasteiger partial charge >= 0.3 is 0 Å². The fourth-order valence-electron chi connectivity index (χ4n) is 1.39. The molecule has 0 atom stereocenters. The molecule has 0 aromatic carbocycles. The Bertz CT molecular complexity index is 361. The van der Waals surface area contributed by atoms with E-state index >= 15 is 0 Å². The summed E-state index contributed by atoms with van der Waals surface area (Å²) in [5.41, 5.74) is 4.38. The molecule has 1 aromatic heterocycles. The van der Waals surface area contributed by atoms with Gasteiger partial charge in [0, 0.05) is 17.0 Å². The van der Waals surface area contributed by atoms with E-state index in [1.54, 1.807) is 0 Å². The standard InChI is InChI=1S/C12H15N/c1-5-7-8-12-9(3)11(6-2)10(4)13-12/h2,7-8,13H,5H2,1,3-4H3/b8-7-. The first-order chi connectivity index (χ1) is 6.20. The van der Waals surface area contributed by atoms with E-state index in [0.717, 1.165) is 23.4 Å². The van der Waals surface area contributed by atoms with Crippen LogP contribution in [0.15, 0.2) is 6.08 Å². The molecular weight excluding hydrogens is 158 g/mol. The van der Waals surface area contributed by atoms with E-state index in [0.29, 0.717) is 0 Å². The molecule has 0 saturated carbocycles. The first-order valence-electron chi connectivity index (χ1n) is 4.53. The van der Waals surface area contributed by atoms with Crippen molar-refractivity contribution in [1.82, 2.24) is 4.98 Å². The van der Waals surface area contributed by atoms with Crippen molar-refractivity contribution < 1.29 is 0 Å². The molecule has 0 unspecified atom stereocenters. The van der Waals surface area contributed by atoms with Crippen molar-refractivity contribution in [2.75, 3.05) is 0 Å². The molecule has 1 N–H and O–H groups in total. The van der Waals surface area contributed by atoms with Crippen LogP contribution in [0.25, 0.3) is 6.08 Å². The van der Waals surface area contributed by atoms with Crippen LogP contribution in [0.4, 0.5) is 0 Å². The summed E-state index contributed by atoms with van der Waals surface area (Å²) >= 11 is 0. The number of nitrogens with one attached hydrogen (secondary N) is 1. The summed E-state index contributed by atoms with van der Waals surface area (Å²) in [5.74, 6) is 2.70. The second-order valence-corrected chi connectivity index (χ2v) is 3.12. The third-order valence-electron chi connectivity index (χ3n) is 2.14. The molecule has 68 valence electrons. The first kappa shape index (κ1) is 9.67. The maximum atomic E-state index is 5.40. The second kappa shape index (κ2) is 4.00. The first-order valence-corrected chi connectivity index (χ1v) is 4.53. The maximum Gasteiger partial charge on any atom is 0.0482 e. The monoisotopic (exact) mass is 173 g/mol. The van der Waals surface area contributed by atoms with Crippen LogP contribution < -0.4 is 0 Å². The Morgan fingerprint density at radius 2 is 2.15 bits per heavy atom. The Hall–Kier alpha value is -1.42. The molecule has 0 aliphatic heterocycles. The summed E-state index contributed by atoms with van der Waals surface area (Å²) in [7, 11) is 0. The minimum atomic E-state index is 0.996. The van der Waals surface area contributed by atoms with E-state index < -0.39 is 0 Å². The van der Waals surface area contributed by atoms with Crippen LogP contribution in [0.2, 0.25) is 0 Å². The molecule has 1 rings (SSSR count). The minimum absolute atomic E-state index is 0.996. The minimum Gasteiger partial charge on any atom is -0.358 e. The molecular formula is C12H15N. The summed E-state index contributed by atoms with van der Waals surface area (Å²) in [6.07, 6.45) is 10.7. The Morgan fingerprint density at radius 3 is 2.62 bits per heavy atom. The average Bonchev–Trinajstić information content (AvgIpc) is 2.38. The molecule has 0 saturated heterocycles. The second-order valence-electron chi connectivity index (χ2n) is 3.12. The van der Waals surface area contributed by atoms with Crippen LogP contribution in [-0.2, 0) is 0 Å². The van der Waals surface area contributed by atoms with Gasteiger partial charge in [0.05, 0.1) is 0 Å². The molecule has 0 bridgehead atoms. The van der Waals surface area contributed by atoms with Crippen LogP contribution in [0.3, 0.4) is 0 Å². The molecule has 0 fully saturated rings. The zero-order valence-electron chi connectivity index (χ0n) is 8.44. The fourth-order valence-corrected chi connectivity index (χ4v) is 1.39. The summed E-state index contributed by atoms with van der Waals surface area (Å²) in [5, 5.41) is 0. The van der Waals surface area contributed by atoms with Gasteiger partial charge in [-0.05, 0) is 31.9 Å². The third-order valence-corrected chi connectivity index (χ3v) is 2.14. The lowest BCUT2D eigenvalue weighted by Crippen LogP contribution is -1.77. The number of hydrogen-bond acceptors (Lipinski definition) is 0. The van der Waals surface area contributed by atoms with E-state index in [1.165, 1.54) is 5.56 Å².